The molecule has 0 aliphatic rings. The van der Waals surface area contributed by atoms with E-state index in [-0.39, 0.29) is 35.9 Å². The second-order valence-corrected chi connectivity index (χ2v) is 7.06. The molecule has 0 heterocycles. The van der Waals surface area contributed by atoms with E-state index in [9.17, 15) is 4.79 Å². The van der Waals surface area contributed by atoms with Crippen LogP contribution in [0.2, 0.25) is 0 Å². The van der Waals surface area contributed by atoms with Gasteiger partial charge >= 0.3 is 0 Å². The first-order valence-corrected chi connectivity index (χ1v) is 10.7. The van der Waals surface area contributed by atoms with E-state index in [1.165, 1.54) is 5.56 Å². The number of carbonyl (C=O) groups is 1. The Morgan fingerprint density at radius 3 is 2.35 bits per heavy atom. The molecule has 0 radical (unpaired) electrons. The summed E-state index contributed by atoms with van der Waals surface area (Å²) >= 11 is 0. The topological polar surface area (TPSA) is 68.8 Å². The molecule has 6 nitrogen and oxygen atoms in total. The zero-order chi connectivity index (χ0) is 21.8. The third-order valence-electron chi connectivity index (χ3n) is 5.25. The van der Waals surface area contributed by atoms with Crippen LogP contribution in [0, 0.1) is 0 Å². The second kappa shape index (κ2) is 14.8. The number of nitrogens with zero attached hydrogens (tertiary/aromatic N) is 2. The van der Waals surface area contributed by atoms with Crippen molar-refractivity contribution in [2.24, 2.45) is 4.99 Å². The van der Waals surface area contributed by atoms with Gasteiger partial charge in [-0.15, -0.1) is 24.0 Å². The normalized spacial score (nSPS) is 12.1. The molecule has 31 heavy (non-hydrogen) atoms. The third kappa shape index (κ3) is 8.49. The highest BCUT2D eigenvalue weighted by Crippen LogP contribution is 2.19. The van der Waals surface area contributed by atoms with Gasteiger partial charge < -0.3 is 16.0 Å². The standard InChI is InChI=1S/C24H35N5O.HI/c1-5-29(6-2)22(20-12-8-7-9-13-20)18-28-24(26-4)27-16-15-19-11-10-14-21(17-19)23(30)25-3;/h7-14,17,22H,5-6,15-16,18H2,1-4H3,(H,25,30)(H2,26,27,28);1H. The molecule has 1 amide bonds. The largest absolute Gasteiger partial charge is 0.356 e. The van der Waals surface area contributed by atoms with Crippen molar-refractivity contribution >= 4 is 35.8 Å². The Morgan fingerprint density at radius 1 is 1.03 bits per heavy atom. The quantitative estimate of drug-likeness (QED) is 0.247. The van der Waals surface area contributed by atoms with E-state index in [1.807, 2.05) is 24.3 Å². The van der Waals surface area contributed by atoms with Crippen molar-refractivity contribution in [1.29, 1.82) is 0 Å². The maximum absolute atomic E-state index is 11.8. The van der Waals surface area contributed by atoms with Gasteiger partial charge in [-0.3, -0.25) is 14.7 Å². The van der Waals surface area contributed by atoms with Crippen LogP contribution in [0.5, 0.6) is 0 Å². The molecular formula is C24H36IN5O. The summed E-state index contributed by atoms with van der Waals surface area (Å²) < 4.78 is 0. The van der Waals surface area contributed by atoms with Gasteiger partial charge in [0.2, 0.25) is 0 Å². The van der Waals surface area contributed by atoms with E-state index in [0.717, 1.165) is 44.1 Å². The Morgan fingerprint density at radius 2 is 1.74 bits per heavy atom. The number of nitrogens with one attached hydrogen (secondary N) is 3. The van der Waals surface area contributed by atoms with E-state index in [4.69, 9.17) is 0 Å². The van der Waals surface area contributed by atoms with Crippen LogP contribution in [0.15, 0.2) is 59.6 Å². The molecule has 170 valence electrons. The average Bonchev–Trinajstić information content (AvgIpc) is 2.80. The summed E-state index contributed by atoms with van der Waals surface area (Å²) in [5.41, 5.74) is 3.10. The lowest BCUT2D eigenvalue weighted by Crippen LogP contribution is -2.43. The van der Waals surface area contributed by atoms with Crippen molar-refractivity contribution in [1.82, 2.24) is 20.9 Å². The molecular weight excluding hydrogens is 501 g/mol. The third-order valence-corrected chi connectivity index (χ3v) is 5.25. The summed E-state index contributed by atoms with van der Waals surface area (Å²) in [6, 6.07) is 18.6. The lowest BCUT2D eigenvalue weighted by atomic mass is 10.1. The smallest absolute Gasteiger partial charge is 0.251 e. The molecule has 7 heteroatoms. The zero-order valence-corrected chi connectivity index (χ0v) is 21.4. The van der Waals surface area contributed by atoms with E-state index in [2.05, 4.69) is 70.0 Å². The van der Waals surface area contributed by atoms with Crippen LogP contribution in [0.3, 0.4) is 0 Å². The molecule has 0 bridgehead atoms. The Bertz CT molecular complexity index is 809. The Balaban J connectivity index is 0.00000480. The number of amides is 1. The SMILES string of the molecule is CCN(CC)C(CNC(=NC)NCCc1cccc(C(=O)NC)c1)c1ccccc1.I. The van der Waals surface area contributed by atoms with Crippen LogP contribution in [-0.4, -0.2) is 57.0 Å². The molecule has 0 fully saturated rings. The zero-order valence-electron chi connectivity index (χ0n) is 19.0. The molecule has 1 unspecified atom stereocenters. The van der Waals surface area contributed by atoms with Crippen molar-refractivity contribution in [3.63, 3.8) is 0 Å². The Kier molecular flexibility index (Phi) is 12.8. The number of guanidine groups is 1. The van der Waals surface area contributed by atoms with E-state index in [0.29, 0.717) is 5.56 Å². The average molecular weight is 537 g/mol. The summed E-state index contributed by atoms with van der Waals surface area (Å²) in [5, 5.41) is 9.52. The number of halogens is 1. The first-order chi connectivity index (χ1) is 14.6. The van der Waals surface area contributed by atoms with Gasteiger partial charge in [0.1, 0.15) is 0 Å². The number of rotatable bonds is 10. The molecule has 1 atom stereocenters. The first kappa shape index (κ1) is 26.9. The maximum Gasteiger partial charge on any atom is 0.251 e. The van der Waals surface area contributed by atoms with Crippen LogP contribution in [0.1, 0.15) is 41.4 Å². The van der Waals surface area contributed by atoms with Gasteiger partial charge in [-0.1, -0.05) is 56.3 Å². The van der Waals surface area contributed by atoms with Crippen LogP contribution in [-0.2, 0) is 6.42 Å². The Labute approximate surface area is 203 Å². The number of carbonyl (C=O) groups excluding carboxylic acids is 1. The number of hydrogen-bond donors (Lipinski definition) is 3. The van der Waals surface area contributed by atoms with E-state index < -0.39 is 0 Å². The van der Waals surface area contributed by atoms with Crippen molar-refractivity contribution < 1.29 is 4.79 Å². The highest BCUT2D eigenvalue weighted by Gasteiger charge is 2.18. The highest BCUT2D eigenvalue weighted by molar-refractivity contribution is 14.0. The van der Waals surface area contributed by atoms with Gasteiger partial charge in [-0.2, -0.15) is 0 Å². The van der Waals surface area contributed by atoms with Crippen molar-refractivity contribution in [3.8, 4) is 0 Å². The minimum absolute atomic E-state index is 0. The molecule has 0 aliphatic heterocycles. The van der Waals surface area contributed by atoms with Gasteiger partial charge in [0, 0.05) is 32.7 Å². The van der Waals surface area contributed by atoms with Crippen LogP contribution in [0.25, 0.3) is 0 Å². The van der Waals surface area contributed by atoms with Crippen molar-refractivity contribution in [2.45, 2.75) is 26.3 Å². The van der Waals surface area contributed by atoms with Gasteiger partial charge in [-0.25, -0.2) is 0 Å². The predicted molar refractivity (Wildman–Crippen MR) is 140 cm³/mol. The fraction of sp³-hybridized carbons (Fsp3) is 0.417. The molecule has 0 saturated heterocycles. The molecule has 0 saturated carbocycles. The number of aliphatic imine (C=N–C) groups is 1. The number of likely N-dealkylation sites (N-methyl/N-ethyl adjacent to an activating group) is 1. The summed E-state index contributed by atoms with van der Waals surface area (Å²) in [6.07, 6.45) is 0.809. The lowest BCUT2D eigenvalue weighted by molar-refractivity contribution is 0.0963. The summed E-state index contributed by atoms with van der Waals surface area (Å²) in [4.78, 5) is 18.6. The minimum Gasteiger partial charge on any atom is -0.356 e. The van der Waals surface area contributed by atoms with Gasteiger partial charge in [0.25, 0.3) is 5.91 Å². The van der Waals surface area contributed by atoms with Crippen molar-refractivity contribution in [2.75, 3.05) is 40.3 Å². The molecule has 0 aliphatic carbocycles. The fourth-order valence-corrected chi connectivity index (χ4v) is 3.55. The maximum atomic E-state index is 11.8. The van der Waals surface area contributed by atoms with E-state index >= 15 is 0 Å². The minimum atomic E-state index is -0.0642. The predicted octanol–water partition coefficient (Wildman–Crippen LogP) is 3.45. The number of benzene rings is 2. The summed E-state index contributed by atoms with van der Waals surface area (Å²) in [5.74, 6) is 0.719. The molecule has 0 spiro atoms. The monoisotopic (exact) mass is 537 g/mol. The van der Waals surface area contributed by atoms with E-state index in [1.54, 1.807) is 14.1 Å². The first-order valence-electron chi connectivity index (χ1n) is 10.7. The van der Waals surface area contributed by atoms with Crippen LogP contribution >= 0.6 is 24.0 Å². The highest BCUT2D eigenvalue weighted by atomic mass is 127. The fourth-order valence-electron chi connectivity index (χ4n) is 3.55. The second-order valence-electron chi connectivity index (χ2n) is 7.06. The van der Waals surface area contributed by atoms with Gasteiger partial charge in [0.05, 0.1) is 6.04 Å². The molecule has 3 N–H and O–H groups in total. The molecule has 2 rings (SSSR count). The molecule has 2 aromatic carbocycles. The molecule has 0 aromatic heterocycles. The van der Waals surface area contributed by atoms with Gasteiger partial charge in [0.15, 0.2) is 5.96 Å². The molecule has 2 aromatic rings. The van der Waals surface area contributed by atoms with Crippen molar-refractivity contribution in [3.05, 3.63) is 71.3 Å². The van der Waals surface area contributed by atoms with Gasteiger partial charge in [-0.05, 0) is 42.8 Å². The van der Waals surface area contributed by atoms with Crippen LogP contribution in [0.4, 0.5) is 0 Å². The summed E-state index contributed by atoms with van der Waals surface area (Å²) in [7, 11) is 3.43. The Hall–Kier alpha value is -2.13. The summed E-state index contributed by atoms with van der Waals surface area (Å²) in [6.45, 7) is 7.88. The lowest BCUT2D eigenvalue weighted by Gasteiger charge is -2.30. The number of hydrogen-bond acceptors (Lipinski definition) is 3. The van der Waals surface area contributed by atoms with Crippen LogP contribution < -0.4 is 16.0 Å².